The van der Waals surface area contributed by atoms with E-state index in [1.54, 1.807) is 30.3 Å². The predicted molar refractivity (Wildman–Crippen MR) is 109 cm³/mol. The first kappa shape index (κ1) is 22.5. The Labute approximate surface area is 183 Å². The van der Waals surface area contributed by atoms with Crippen molar-refractivity contribution in [1.29, 1.82) is 10.5 Å². The molecule has 3 rings (SSSR count). The Kier molecular flexibility index (Phi) is 6.27. The second kappa shape index (κ2) is 8.91. The number of hydrogen-bond acceptors (Lipinski definition) is 7. The number of benzene rings is 2. The van der Waals surface area contributed by atoms with Crippen LogP contribution in [-0.2, 0) is 19.1 Å². The third-order valence-corrected chi connectivity index (χ3v) is 5.73. The lowest BCUT2D eigenvalue weighted by molar-refractivity contribution is -0.147. The fourth-order valence-corrected chi connectivity index (χ4v) is 4.34. The van der Waals surface area contributed by atoms with E-state index in [0.717, 1.165) is 26.4 Å². The molecule has 0 amide bonds. The number of carbonyl (C=O) groups excluding carboxylic acids is 2. The summed E-state index contributed by atoms with van der Waals surface area (Å²) < 4.78 is 23.3. The molecule has 3 atom stereocenters. The molecule has 0 aromatic heterocycles. The van der Waals surface area contributed by atoms with Crippen molar-refractivity contribution in [1.82, 2.24) is 0 Å². The van der Waals surface area contributed by atoms with Crippen LogP contribution in [0.3, 0.4) is 0 Å². The van der Waals surface area contributed by atoms with E-state index in [0.29, 0.717) is 5.56 Å². The van der Waals surface area contributed by atoms with Crippen LogP contribution in [-0.4, -0.2) is 31.3 Å². The fraction of sp³-hybridized carbons (Fsp3) is 0.250. The number of nitriles is 2. The van der Waals surface area contributed by atoms with Gasteiger partial charge in [-0.25, -0.2) is 9.18 Å². The van der Waals surface area contributed by atoms with Gasteiger partial charge in [-0.2, -0.15) is 10.5 Å². The minimum Gasteiger partial charge on any atom is -0.511 e. The van der Waals surface area contributed by atoms with Gasteiger partial charge in [-0.3, -0.25) is 4.79 Å². The number of ether oxygens (including phenoxy) is 2. The summed E-state index contributed by atoms with van der Waals surface area (Å²) in [4.78, 5) is 25.6. The quantitative estimate of drug-likeness (QED) is 0.731. The Balaban J connectivity index is 2.47. The van der Waals surface area contributed by atoms with Gasteiger partial charge < -0.3 is 14.6 Å². The number of nitrogens with zero attached hydrogens (tertiary/aromatic N) is 2. The van der Waals surface area contributed by atoms with E-state index in [1.165, 1.54) is 12.1 Å². The molecular formula is C24H19FN2O5. The van der Waals surface area contributed by atoms with E-state index in [1.807, 2.05) is 12.1 Å². The van der Waals surface area contributed by atoms with E-state index in [9.17, 15) is 29.6 Å². The number of aliphatic hydroxyl groups is 1. The van der Waals surface area contributed by atoms with Crippen LogP contribution in [0, 0.1) is 39.8 Å². The highest BCUT2D eigenvalue weighted by Crippen LogP contribution is 2.58. The first-order chi connectivity index (χ1) is 15.4. The fourth-order valence-electron chi connectivity index (χ4n) is 4.34. The Hall–Kier alpha value is -4.17. The van der Waals surface area contributed by atoms with Crippen molar-refractivity contribution in [3.05, 3.63) is 82.9 Å². The van der Waals surface area contributed by atoms with Gasteiger partial charge in [0.2, 0.25) is 0 Å². The molecule has 1 aliphatic rings. The molecule has 0 bridgehead atoms. The molecule has 2 aromatic carbocycles. The zero-order valence-electron chi connectivity index (χ0n) is 17.3. The number of hydrogen-bond donors (Lipinski definition) is 1. The summed E-state index contributed by atoms with van der Waals surface area (Å²) in [5, 5.41) is 31.8. The Morgan fingerprint density at radius 3 is 2.06 bits per heavy atom. The van der Waals surface area contributed by atoms with Crippen LogP contribution in [0.25, 0.3) is 0 Å². The molecule has 0 spiro atoms. The minimum atomic E-state index is -2.05. The lowest BCUT2D eigenvalue weighted by Crippen LogP contribution is -2.47. The summed E-state index contributed by atoms with van der Waals surface area (Å²) in [6.07, 6.45) is 0. The molecule has 0 unspecified atom stereocenters. The first-order valence-electron chi connectivity index (χ1n) is 9.58. The lowest BCUT2D eigenvalue weighted by atomic mass is 9.54. The molecule has 0 aliphatic heterocycles. The van der Waals surface area contributed by atoms with E-state index >= 15 is 0 Å². The SMILES string of the molecule is COC(=O)C1=C(O)[C@H](C(=O)OC)[C@H](c2ccc(F)cc2)C(C#N)(C#N)[C@@H]1c1ccccc1. The van der Waals surface area contributed by atoms with Gasteiger partial charge >= 0.3 is 11.9 Å². The zero-order valence-corrected chi connectivity index (χ0v) is 17.3. The van der Waals surface area contributed by atoms with Crippen LogP contribution >= 0.6 is 0 Å². The molecule has 1 aliphatic carbocycles. The molecule has 0 heterocycles. The summed E-state index contributed by atoms with van der Waals surface area (Å²) in [5.41, 5.74) is -1.79. The monoisotopic (exact) mass is 434 g/mol. The van der Waals surface area contributed by atoms with E-state index in [4.69, 9.17) is 9.47 Å². The van der Waals surface area contributed by atoms with Crippen molar-refractivity contribution >= 4 is 11.9 Å². The molecule has 32 heavy (non-hydrogen) atoms. The number of aliphatic hydroxyl groups excluding tert-OH is 1. The van der Waals surface area contributed by atoms with Crippen molar-refractivity contribution in [3.63, 3.8) is 0 Å². The zero-order chi connectivity index (χ0) is 23.5. The second-order valence-electron chi connectivity index (χ2n) is 7.26. The molecule has 162 valence electrons. The van der Waals surface area contributed by atoms with Crippen molar-refractivity contribution in [2.75, 3.05) is 14.2 Å². The molecule has 0 saturated carbocycles. The van der Waals surface area contributed by atoms with Crippen LogP contribution in [0.2, 0.25) is 0 Å². The number of esters is 2. The van der Waals surface area contributed by atoms with E-state index in [2.05, 4.69) is 0 Å². The highest BCUT2D eigenvalue weighted by atomic mass is 19.1. The van der Waals surface area contributed by atoms with Gasteiger partial charge in [0.15, 0.2) is 5.41 Å². The highest BCUT2D eigenvalue weighted by Gasteiger charge is 2.61. The summed E-state index contributed by atoms with van der Waals surface area (Å²) in [7, 11) is 2.17. The maximum atomic E-state index is 13.6. The number of rotatable bonds is 4. The smallest absolute Gasteiger partial charge is 0.337 e. The standard InChI is InChI=1S/C24H19FN2O5/c1-31-22(29)17-19(14-6-4-3-5-7-14)24(12-26,13-27)20(15-8-10-16(25)11-9-15)18(21(17)28)23(30)32-2/h3-11,18-20,28H,1-2H3/t18-,19-,20+/m1/s1. The molecule has 0 saturated heterocycles. The number of methoxy groups -OCH3 is 2. The van der Waals surface area contributed by atoms with Crippen molar-refractivity contribution in [2.45, 2.75) is 11.8 Å². The molecule has 7 nitrogen and oxygen atoms in total. The molecule has 0 fully saturated rings. The van der Waals surface area contributed by atoms with Crippen molar-refractivity contribution in [2.24, 2.45) is 11.3 Å². The summed E-state index contributed by atoms with van der Waals surface area (Å²) in [6.45, 7) is 0. The van der Waals surface area contributed by atoms with Crippen molar-refractivity contribution in [3.8, 4) is 12.1 Å². The molecule has 2 aromatic rings. The average Bonchev–Trinajstić information content (AvgIpc) is 2.83. The van der Waals surface area contributed by atoms with Gasteiger partial charge in [-0.1, -0.05) is 42.5 Å². The van der Waals surface area contributed by atoms with Crippen molar-refractivity contribution < 1.29 is 28.6 Å². The van der Waals surface area contributed by atoms with Crippen LogP contribution in [0.5, 0.6) is 0 Å². The molecular weight excluding hydrogens is 415 g/mol. The molecule has 1 N–H and O–H groups in total. The minimum absolute atomic E-state index is 0.251. The maximum Gasteiger partial charge on any atom is 0.337 e. The Morgan fingerprint density at radius 2 is 1.56 bits per heavy atom. The first-order valence-corrected chi connectivity index (χ1v) is 9.58. The van der Waals surface area contributed by atoms with E-state index in [-0.39, 0.29) is 11.1 Å². The van der Waals surface area contributed by atoms with Gasteiger partial charge in [-0.05, 0) is 23.3 Å². The normalized spacial score (nSPS) is 21.7. The predicted octanol–water partition coefficient (Wildman–Crippen LogP) is 3.51. The Bertz CT molecular complexity index is 1130. The van der Waals surface area contributed by atoms with Gasteiger partial charge in [-0.15, -0.1) is 0 Å². The summed E-state index contributed by atoms with van der Waals surface area (Å²) in [5.74, 6) is -7.27. The second-order valence-corrected chi connectivity index (χ2v) is 7.26. The average molecular weight is 434 g/mol. The van der Waals surface area contributed by atoms with E-state index < -0.39 is 46.7 Å². The molecule has 8 heteroatoms. The van der Waals surface area contributed by atoms with Crippen LogP contribution in [0.1, 0.15) is 23.0 Å². The third-order valence-electron chi connectivity index (χ3n) is 5.73. The molecule has 0 radical (unpaired) electrons. The highest BCUT2D eigenvalue weighted by molar-refractivity contribution is 5.94. The maximum absolute atomic E-state index is 13.6. The van der Waals surface area contributed by atoms with Crippen LogP contribution < -0.4 is 0 Å². The van der Waals surface area contributed by atoms with Gasteiger partial charge in [0, 0.05) is 5.92 Å². The largest absolute Gasteiger partial charge is 0.511 e. The summed E-state index contributed by atoms with van der Waals surface area (Å²) >= 11 is 0. The van der Waals surface area contributed by atoms with Gasteiger partial charge in [0.05, 0.1) is 37.8 Å². The van der Waals surface area contributed by atoms with Crippen LogP contribution in [0.15, 0.2) is 65.9 Å². The van der Waals surface area contributed by atoms with Gasteiger partial charge in [0.1, 0.15) is 17.5 Å². The number of halogens is 1. The lowest BCUT2D eigenvalue weighted by Gasteiger charge is -2.44. The Morgan fingerprint density at radius 1 is 0.969 bits per heavy atom. The number of carbonyl (C=O) groups is 2. The van der Waals surface area contributed by atoms with Gasteiger partial charge in [0.25, 0.3) is 0 Å². The third kappa shape index (κ3) is 3.46. The summed E-state index contributed by atoms with van der Waals surface area (Å²) in [6, 6.07) is 17.1. The van der Waals surface area contributed by atoms with Crippen LogP contribution in [0.4, 0.5) is 4.39 Å². The topological polar surface area (TPSA) is 120 Å².